The Morgan fingerprint density at radius 3 is 2.36 bits per heavy atom. The van der Waals surface area contributed by atoms with Gasteiger partial charge in [-0.25, -0.2) is 30.8 Å². The van der Waals surface area contributed by atoms with Crippen LogP contribution in [0.15, 0.2) is 105 Å². The highest BCUT2D eigenvalue weighted by Crippen LogP contribution is 2.44. The van der Waals surface area contributed by atoms with Gasteiger partial charge in [0.2, 0.25) is 0 Å². The molecule has 1 atom stereocenters. The van der Waals surface area contributed by atoms with E-state index in [-0.39, 0.29) is 63.7 Å². The number of sulfonamides is 1. The fourth-order valence-electron chi connectivity index (χ4n) is 9.98. The minimum absolute atomic E-state index is 0.0246. The summed E-state index contributed by atoms with van der Waals surface area (Å²) in [5.74, 6) is -1.35. The van der Waals surface area contributed by atoms with Crippen molar-refractivity contribution >= 4 is 75.3 Å². The molecular weight excluding hydrogens is 1050 g/mol. The molecule has 5 aromatic rings. The molecule has 9 rings (SSSR count). The molecule has 15 nitrogen and oxygen atoms in total. The number of hydrogen-bond acceptors (Lipinski definition) is 12. The molecule has 2 saturated heterocycles. The number of carbonyl (C=O) groups excluding carboxylic acids is 2. The third-order valence-electron chi connectivity index (χ3n) is 14.7. The number of hydrogen-bond donors (Lipinski definition) is 2. The summed E-state index contributed by atoms with van der Waals surface area (Å²) in [6, 6.07) is 18.7. The van der Waals surface area contributed by atoms with Crippen molar-refractivity contribution in [3.8, 4) is 11.5 Å². The van der Waals surface area contributed by atoms with Crippen LogP contribution in [0.5, 0.6) is 11.5 Å². The molecule has 4 aliphatic rings. The van der Waals surface area contributed by atoms with Gasteiger partial charge in [0.1, 0.15) is 17.1 Å². The number of amides is 2. The Morgan fingerprint density at radius 2 is 1.67 bits per heavy atom. The van der Waals surface area contributed by atoms with Crippen LogP contribution in [0.25, 0.3) is 16.6 Å². The minimum Gasteiger partial charge on any atom is -0.455 e. The zero-order chi connectivity index (χ0) is 53.5. The van der Waals surface area contributed by atoms with Gasteiger partial charge in [0.25, 0.3) is 31.7 Å². The number of nitrogens with zero attached hydrogens (tertiary/aromatic N) is 5. The van der Waals surface area contributed by atoms with Gasteiger partial charge in [-0.05, 0) is 128 Å². The van der Waals surface area contributed by atoms with Gasteiger partial charge < -0.3 is 19.5 Å². The lowest BCUT2D eigenvalue weighted by Crippen LogP contribution is -2.47. The zero-order valence-corrected chi connectivity index (χ0v) is 45.2. The molecule has 2 aliphatic heterocycles. The highest BCUT2D eigenvalue weighted by molar-refractivity contribution is 7.94. The van der Waals surface area contributed by atoms with Crippen LogP contribution >= 0.6 is 11.6 Å². The quantitative estimate of drug-likeness (QED) is 0.0953. The number of fused-ring (bicyclic) bond motifs is 1. The van der Waals surface area contributed by atoms with E-state index in [2.05, 4.69) is 50.1 Å². The van der Waals surface area contributed by atoms with Gasteiger partial charge >= 0.3 is 5.51 Å². The van der Waals surface area contributed by atoms with Gasteiger partial charge in [0.05, 0.1) is 31.3 Å². The van der Waals surface area contributed by atoms with Crippen molar-refractivity contribution in [2.45, 2.75) is 81.0 Å². The second-order valence-corrected chi connectivity index (χ2v) is 27.6. The molecule has 2 amide bonds. The number of ether oxygens (including phenoxy) is 1. The van der Waals surface area contributed by atoms with Crippen LogP contribution in [-0.4, -0.2) is 122 Å². The molecule has 2 aromatic heterocycles. The van der Waals surface area contributed by atoms with Crippen LogP contribution in [-0.2, 0) is 40.8 Å². The number of sulfone groups is 1. The van der Waals surface area contributed by atoms with E-state index in [0.717, 1.165) is 63.9 Å². The first-order valence-corrected chi connectivity index (χ1v) is 30.3. The van der Waals surface area contributed by atoms with Crippen molar-refractivity contribution in [3.63, 3.8) is 0 Å². The first-order valence-electron chi connectivity index (χ1n) is 25.1. The predicted molar refractivity (Wildman–Crippen MR) is 284 cm³/mol. The van der Waals surface area contributed by atoms with Gasteiger partial charge in [-0.2, -0.15) is 17.5 Å². The summed E-state index contributed by atoms with van der Waals surface area (Å²) in [6.45, 7) is 11.2. The third-order valence-corrected chi connectivity index (χ3v) is 20.0. The highest BCUT2D eigenvalue weighted by Gasteiger charge is 2.48. The lowest BCUT2D eigenvalue weighted by molar-refractivity contribution is -0.118. The van der Waals surface area contributed by atoms with Crippen molar-refractivity contribution in [2.24, 2.45) is 21.6 Å². The molecule has 3 fully saturated rings. The number of nitrogens with one attached hydrogen (secondary N) is 2. The second-order valence-electron chi connectivity index (χ2n) is 21.0. The summed E-state index contributed by atoms with van der Waals surface area (Å²) in [6.07, 6.45) is 7.96. The molecule has 0 bridgehead atoms. The Hall–Kier alpha value is -5.32. The summed E-state index contributed by atoms with van der Waals surface area (Å²) in [4.78, 5) is 38.2. The van der Waals surface area contributed by atoms with E-state index in [1.807, 2.05) is 21.8 Å². The molecule has 2 N–H and O–H groups in total. The average molecular weight is 1110 g/mol. The van der Waals surface area contributed by atoms with E-state index in [4.69, 9.17) is 16.3 Å². The first-order chi connectivity index (χ1) is 35.4. The lowest BCUT2D eigenvalue weighted by Gasteiger charge is -2.39. The normalized spacial score (nSPS) is 19.2. The maximum Gasteiger partial charge on any atom is 0.501 e. The number of aromatic nitrogens is 2. The van der Waals surface area contributed by atoms with Crippen molar-refractivity contribution < 1.29 is 48.5 Å². The molecule has 0 unspecified atom stereocenters. The summed E-state index contributed by atoms with van der Waals surface area (Å²) >= 11 is 6.24. The van der Waals surface area contributed by atoms with Gasteiger partial charge in [-0.15, -0.1) is 0 Å². The van der Waals surface area contributed by atoms with Crippen molar-refractivity contribution in [1.29, 1.82) is 0 Å². The molecular formula is C53H61ClF3N7O8S3. The number of halogens is 4. The first kappa shape index (κ1) is 54.5. The molecule has 3 aromatic carbocycles. The molecule has 75 heavy (non-hydrogen) atoms. The molecule has 402 valence electrons. The van der Waals surface area contributed by atoms with Crippen LogP contribution in [0.3, 0.4) is 0 Å². The maximum atomic E-state index is 14.3. The number of anilines is 1. The van der Waals surface area contributed by atoms with Crippen LogP contribution in [0.1, 0.15) is 80.8 Å². The predicted octanol–water partition coefficient (Wildman–Crippen LogP) is 9.50. The zero-order valence-electron chi connectivity index (χ0n) is 42.0. The van der Waals surface area contributed by atoms with E-state index in [0.29, 0.717) is 67.0 Å². The van der Waals surface area contributed by atoms with Gasteiger partial charge in [-0.1, -0.05) is 56.1 Å². The largest absolute Gasteiger partial charge is 0.501 e. The summed E-state index contributed by atoms with van der Waals surface area (Å²) in [7, 11) is -13.7. The fraction of sp³-hybridized carbons (Fsp3) is 0.453. The van der Waals surface area contributed by atoms with Crippen molar-refractivity contribution in [2.75, 3.05) is 68.8 Å². The van der Waals surface area contributed by atoms with E-state index < -0.39 is 50.8 Å². The third kappa shape index (κ3) is 12.9. The van der Waals surface area contributed by atoms with Crippen LogP contribution < -0.4 is 14.4 Å². The number of rotatable bonds is 16. The SMILES string of the molecule is C[C@@H](CCN1CCS(=O)(=NC(=O)C2CC2)CC1)Cc1ccc(S(=O)(=O)NC(=O)c2ccc(N3CCN(CC4=C(c5ccc(Cl)cc5)CC(C)(C)CC4)CC3)cc2Oc2cnc3[nH]ccc3c2)cc1S(=O)(=O)C(F)(F)F. The number of pyridine rings is 1. The van der Waals surface area contributed by atoms with Gasteiger partial charge in [0.15, 0.2) is 0 Å². The maximum absolute atomic E-state index is 14.3. The second kappa shape index (κ2) is 21.6. The number of benzene rings is 3. The van der Waals surface area contributed by atoms with Crippen LogP contribution in [0.4, 0.5) is 18.9 Å². The number of allylic oxidation sites excluding steroid dienone is 1. The Balaban J connectivity index is 0.911. The molecule has 4 heterocycles. The smallest absolute Gasteiger partial charge is 0.455 e. The monoisotopic (exact) mass is 1110 g/mol. The number of aromatic amines is 1. The van der Waals surface area contributed by atoms with Crippen LogP contribution in [0.2, 0.25) is 5.02 Å². The van der Waals surface area contributed by atoms with E-state index >= 15 is 0 Å². The van der Waals surface area contributed by atoms with E-state index in [9.17, 15) is 43.8 Å². The summed E-state index contributed by atoms with van der Waals surface area (Å²) in [5.41, 5.74) is -0.831. The van der Waals surface area contributed by atoms with E-state index in [1.54, 1.807) is 37.4 Å². The number of alkyl halides is 3. The molecule has 0 radical (unpaired) electrons. The molecule has 1 saturated carbocycles. The van der Waals surface area contributed by atoms with Crippen LogP contribution in [0, 0.1) is 17.3 Å². The standard InChI is InChI=1S/C53H61ClF3N7O8S3/c1-35(16-19-62-24-26-73(67,27-25-62)60-50(65)37-4-5-37)28-38-8-12-44(31-48(38)74(68,69)53(55,56)57)75(70,71)61-51(66)45-13-11-42(30-47(45)72-43-29-39-15-18-58-49(39)59-33-43)64-22-20-63(21-23-64)34-40-14-17-52(2,3)32-46(40)36-6-9-41(54)10-7-36/h6-13,15,18,29-31,33,35,37H,4-5,14,16-17,19-28,32,34H2,1-3H3,(H,58,59)(H,61,66)/t35-/m0/s1. The van der Waals surface area contributed by atoms with Crippen molar-refractivity contribution in [3.05, 3.63) is 112 Å². The lowest BCUT2D eigenvalue weighted by atomic mass is 9.72. The number of H-pyrrole nitrogens is 1. The molecule has 22 heteroatoms. The Labute approximate surface area is 441 Å². The Bertz CT molecular complexity index is 3370. The minimum atomic E-state index is -6.08. The van der Waals surface area contributed by atoms with E-state index in [1.165, 1.54) is 29.0 Å². The van der Waals surface area contributed by atoms with Gasteiger partial charge in [-0.3, -0.25) is 14.5 Å². The average Bonchev–Trinajstić information content (AvgIpc) is 4.12. The number of carbonyl (C=O) groups is 2. The fourth-order valence-corrected chi connectivity index (χ4v) is 14.2. The Kier molecular flexibility index (Phi) is 15.7. The van der Waals surface area contributed by atoms with Gasteiger partial charge in [0, 0.05) is 91.6 Å². The topological polar surface area (TPSA) is 192 Å². The molecule has 2 aliphatic carbocycles. The summed E-state index contributed by atoms with van der Waals surface area (Å²) in [5, 5.41) is 1.40. The van der Waals surface area contributed by atoms with Crippen molar-refractivity contribution in [1.82, 2.24) is 24.5 Å². The Morgan fingerprint density at radius 1 is 0.947 bits per heavy atom. The number of piperazine rings is 1. The highest BCUT2D eigenvalue weighted by atomic mass is 35.5. The summed E-state index contributed by atoms with van der Waals surface area (Å²) < 4.78 is 122. The molecule has 0 spiro atoms.